The van der Waals surface area contributed by atoms with Gasteiger partial charge in [0.2, 0.25) is 5.91 Å². The van der Waals surface area contributed by atoms with Crippen molar-refractivity contribution >= 4 is 5.91 Å². The summed E-state index contributed by atoms with van der Waals surface area (Å²) in [6, 6.07) is 0. The summed E-state index contributed by atoms with van der Waals surface area (Å²) in [6.07, 6.45) is 0.898. The number of amides is 1. The maximum Gasteiger partial charge on any atom is 0.244 e. The van der Waals surface area contributed by atoms with Crippen molar-refractivity contribution in [3.63, 3.8) is 0 Å². The molecule has 0 aliphatic rings. The second kappa shape index (κ2) is 3.28. The molecule has 0 spiro atoms. The average molecular weight is 127 g/mol. The van der Waals surface area contributed by atoms with Gasteiger partial charge in [-0.15, -0.1) is 0 Å². The quantitative estimate of drug-likeness (QED) is 0.557. The fourth-order valence-electron chi connectivity index (χ4n) is 0.475. The molecule has 0 unspecified atom stereocenters. The van der Waals surface area contributed by atoms with Crippen molar-refractivity contribution in [2.75, 3.05) is 0 Å². The molecule has 9 heavy (non-hydrogen) atoms. The van der Waals surface area contributed by atoms with E-state index >= 15 is 0 Å². The van der Waals surface area contributed by atoms with Gasteiger partial charge < -0.3 is 5.73 Å². The van der Waals surface area contributed by atoms with Gasteiger partial charge in [-0.25, -0.2) is 0 Å². The molecule has 0 aliphatic carbocycles. The molecule has 0 aliphatic heterocycles. The molecule has 1 amide bonds. The first kappa shape index (κ1) is 8.21. The Hall–Kier alpha value is -0.790. The molecule has 0 aromatic heterocycles. The molecule has 0 saturated heterocycles. The molecule has 0 heterocycles. The molecule has 0 atom stereocenters. The zero-order chi connectivity index (χ0) is 7.44. The number of hydrogen-bond acceptors (Lipinski definition) is 1. The standard InChI is InChI=1S/C7H13NO/c1-4-5(2)6(3)7(8)9/h4H2,1-3H3,(H2,8,9)/b6-5+. The van der Waals surface area contributed by atoms with Crippen molar-refractivity contribution in [3.8, 4) is 0 Å². The van der Waals surface area contributed by atoms with E-state index in [9.17, 15) is 4.79 Å². The average Bonchev–Trinajstić information content (AvgIpc) is 1.84. The number of primary amides is 1. The second-order valence-electron chi connectivity index (χ2n) is 2.12. The minimum atomic E-state index is -0.311. The maximum atomic E-state index is 10.5. The molecule has 0 aromatic rings. The van der Waals surface area contributed by atoms with Crippen LogP contribution in [-0.4, -0.2) is 5.91 Å². The van der Waals surface area contributed by atoms with Crippen LogP contribution in [0.5, 0.6) is 0 Å². The van der Waals surface area contributed by atoms with Crippen molar-refractivity contribution in [2.45, 2.75) is 27.2 Å². The minimum Gasteiger partial charge on any atom is -0.366 e. The van der Waals surface area contributed by atoms with E-state index in [0.29, 0.717) is 5.57 Å². The molecule has 0 rings (SSSR count). The highest BCUT2D eigenvalue weighted by atomic mass is 16.1. The third-order valence-electron chi connectivity index (χ3n) is 1.54. The summed E-state index contributed by atoms with van der Waals surface area (Å²) < 4.78 is 0. The van der Waals surface area contributed by atoms with Gasteiger partial charge in [-0.2, -0.15) is 0 Å². The molecule has 0 radical (unpaired) electrons. The smallest absolute Gasteiger partial charge is 0.244 e. The van der Waals surface area contributed by atoms with Crippen molar-refractivity contribution in [1.29, 1.82) is 0 Å². The maximum absolute atomic E-state index is 10.5. The number of hydrogen-bond donors (Lipinski definition) is 1. The molecule has 0 bridgehead atoms. The van der Waals surface area contributed by atoms with Crippen LogP contribution in [0, 0.1) is 0 Å². The zero-order valence-electron chi connectivity index (χ0n) is 6.19. The summed E-state index contributed by atoms with van der Waals surface area (Å²) in [5, 5.41) is 0. The Bertz CT molecular complexity index is 147. The molecular formula is C7H13NO. The lowest BCUT2D eigenvalue weighted by atomic mass is 10.1. The molecule has 0 saturated carbocycles. The Morgan fingerprint density at radius 2 is 1.89 bits per heavy atom. The topological polar surface area (TPSA) is 43.1 Å². The van der Waals surface area contributed by atoms with Gasteiger partial charge in [0.05, 0.1) is 0 Å². The summed E-state index contributed by atoms with van der Waals surface area (Å²) in [5.74, 6) is -0.311. The normalized spacial score (nSPS) is 12.8. The predicted octanol–water partition coefficient (Wildman–Crippen LogP) is 1.22. The van der Waals surface area contributed by atoms with Gasteiger partial charge in [-0.3, -0.25) is 4.79 Å². The van der Waals surface area contributed by atoms with Crippen LogP contribution in [-0.2, 0) is 4.79 Å². The van der Waals surface area contributed by atoms with Gasteiger partial charge in [0.15, 0.2) is 0 Å². The lowest BCUT2D eigenvalue weighted by Crippen LogP contribution is -2.12. The van der Waals surface area contributed by atoms with Gasteiger partial charge in [-0.1, -0.05) is 12.5 Å². The number of carbonyl (C=O) groups excluding carboxylic acids is 1. The van der Waals surface area contributed by atoms with E-state index < -0.39 is 0 Å². The summed E-state index contributed by atoms with van der Waals surface area (Å²) in [6.45, 7) is 5.67. The number of nitrogens with two attached hydrogens (primary N) is 1. The van der Waals surface area contributed by atoms with Crippen molar-refractivity contribution in [2.24, 2.45) is 5.73 Å². The highest BCUT2D eigenvalue weighted by molar-refractivity contribution is 5.91. The molecule has 52 valence electrons. The third-order valence-corrected chi connectivity index (χ3v) is 1.54. The van der Waals surface area contributed by atoms with Gasteiger partial charge in [0.1, 0.15) is 0 Å². The lowest BCUT2D eigenvalue weighted by molar-refractivity contribution is -0.114. The first-order chi connectivity index (χ1) is 4.09. The third kappa shape index (κ3) is 2.31. The van der Waals surface area contributed by atoms with Gasteiger partial charge >= 0.3 is 0 Å². The highest BCUT2D eigenvalue weighted by Crippen LogP contribution is 2.05. The molecule has 2 N–H and O–H groups in total. The van der Waals surface area contributed by atoms with Gasteiger partial charge in [-0.05, 0) is 20.3 Å². The molecule has 0 fully saturated rings. The number of carbonyl (C=O) groups is 1. The van der Waals surface area contributed by atoms with E-state index in [1.54, 1.807) is 6.92 Å². The Kier molecular flexibility index (Phi) is 2.99. The van der Waals surface area contributed by atoms with E-state index in [-0.39, 0.29) is 5.91 Å². The monoisotopic (exact) mass is 127 g/mol. The molecular weight excluding hydrogens is 114 g/mol. The van der Waals surface area contributed by atoms with Crippen molar-refractivity contribution in [1.82, 2.24) is 0 Å². The highest BCUT2D eigenvalue weighted by Gasteiger charge is 1.99. The summed E-state index contributed by atoms with van der Waals surface area (Å²) in [4.78, 5) is 10.5. The van der Waals surface area contributed by atoms with E-state index in [0.717, 1.165) is 12.0 Å². The zero-order valence-corrected chi connectivity index (χ0v) is 6.19. The van der Waals surface area contributed by atoms with Crippen LogP contribution in [0.15, 0.2) is 11.1 Å². The fourth-order valence-corrected chi connectivity index (χ4v) is 0.475. The van der Waals surface area contributed by atoms with Crippen LogP contribution < -0.4 is 5.73 Å². The molecule has 0 aromatic carbocycles. The fraction of sp³-hybridized carbons (Fsp3) is 0.571. The SMILES string of the molecule is CC/C(C)=C(\C)C(N)=O. The summed E-state index contributed by atoms with van der Waals surface area (Å²) >= 11 is 0. The summed E-state index contributed by atoms with van der Waals surface area (Å²) in [5.41, 5.74) is 6.78. The Morgan fingerprint density at radius 3 is 2.00 bits per heavy atom. The van der Waals surface area contributed by atoms with Crippen LogP contribution >= 0.6 is 0 Å². The Labute approximate surface area is 55.7 Å². The molecule has 2 nitrogen and oxygen atoms in total. The predicted molar refractivity (Wildman–Crippen MR) is 37.9 cm³/mol. The minimum absolute atomic E-state index is 0.311. The molecule has 2 heteroatoms. The Morgan fingerprint density at radius 1 is 1.44 bits per heavy atom. The number of rotatable bonds is 2. The van der Waals surface area contributed by atoms with Crippen LogP contribution in [0.2, 0.25) is 0 Å². The van der Waals surface area contributed by atoms with Crippen LogP contribution in [0.4, 0.5) is 0 Å². The lowest BCUT2D eigenvalue weighted by Gasteiger charge is -1.98. The van der Waals surface area contributed by atoms with Gasteiger partial charge in [0.25, 0.3) is 0 Å². The Balaban J connectivity index is 4.28. The van der Waals surface area contributed by atoms with E-state index in [1.807, 2.05) is 13.8 Å². The van der Waals surface area contributed by atoms with Crippen LogP contribution in [0.3, 0.4) is 0 Å². The largest absolute Gasteiger partial charge is 0.366 e. The summed E-state index contributed by atoms with van der Waals surface area (Å²) in [7, 11) is 0. The van der Waals surface area contributed by atoms with E-state index in [4.69, 9.17) is 5.73 Å². The van der Waals surface area contributed by atoms with Gasteiger partial charge in [0, 0.05) is 5.57 Å². The van der Waals surface area contributed by atoms with E-state index in [2.05, 4.69) is 0 Å². The first-order valence-corrected chi connectivity index (χ1v) is 3.05. The van der Waals surface area contributed by atoms with Crippen LogP contribution in [0.1, 0.15) is 27.2 Å². The van der Waals surface area contributed by atoms with Crippen molar-refractivity contribution < 1.29 is 4.79 Å². The number of allylic oxidation sites excluding steroid dienone is 1. The van der Waals surface area contributed by atoms with Crippen molar-refractivity contribution in [3.05, 3.63) is 11.1 Å². The van der Waals surface area contributed by atoms with Crippen LogP contribution in [0.25, 0.3) is 0 Å². The first-order valence-electron chi connectivity index (χ1n) is 3.05. The second-order valence-corrected chi connectivity index (χ2v) is 2.12. The van der Waals surface area contributed by atoms with E-state index in [1.165, 1.54) is 0 Å².